The molecule has 4 nitrogen and oxygen atoms in total. The summed E-state index contributed by atoms with van der Waals surface area (Å²) in [4.78, 5) is 4.23. The summed E-state index contributed by atoms with van der Waals surface area (Å²) in [5, 5.41) is 0. The van der Waals surface area contributed by atoms with E-state index in [2.05, 4.69) is 4.98 Å². The van der Waals surface area contributed by atoms with Gasteiger partial charge in [0.05, 0.1) is 15.3 Å². The number of hydrogen-bond acceptors (Lipinski definition) is 4. The van der Waals surface area contributed by atoms with Crippen LogP contribution < -0.4 is 5.46 Å². The molecule has 2 aliphatic rings. The van der Waals surface area contributed by atoms with Crippen molar-refractivity contribution in [2.24, 2.45) is 0 Å². The van der Waals surface area contributed by atoms with Crippen molar-refractivity contribution in [2.75, 3.05) is 13.2 Å². The average Bonchev–Trinajstić information content (AvgIpc) is 2.72. The first-order valence-corrected chi connectivity index (χ1v) is 7.55. The third-order valence-corrected chi connectivity index (χ3v) is 4.73. The fraction of sp³-hybridized carbons (Fsp3) is 0.688. The van der Waals surface area contributed by atoms with Crippen molar-refractivity contribution in [3.05, 3.63) is 24.0 Å². The number of aromatic nitrogens is 1. The molecule has 0 unspecified atom stereocenters. The highest BCUT2D eigenvalue weighted by atomic mass is 16.7. The highest BCUT2D eigenvalue weighted by molar-refractivity contribution is 6.62. The van der Waals surface area contributed by atoms with Crippen molar-refractivity contribution in [3.63, 3.8) is 0 Å². The first kappa shape index (κ1) is 11.6. The molecule has 1 aromatic heterocycles. The standard InChI is InChI=1S/C16H24BNO3/c1-15(2)16(3,4)21-17(20-15)13-5-8-18-14(11-13)12-6-9-19-10-7-12/h5,8,11-12H,6-7,9-10H2,1-4H3/i5D,8D,11D. The van der Waals surface area contributed by atoms with Crippen molar-refractivity contribution in [3.8, 4) is 0 Å². The Kier molecular flexibility index (Phi) is 2.98. The molecule has 0 saturated carbocycles. The van der Waals surface area contributed by atoms with E-state index in [4.69, 9.17) is 18.2 Å². The Hall–Kier alpha value is -0.905. The lowest BCUT2D eigenvalue weighted by molar-refractivity contribution is 0.00578. The number of rotatable bonds is 2. The Morgan fingerprint density at radius 3 is 2.43 bits per heavy atom. The molecule has 0 atom stereocenters. The van der Waals surface area contributed by atoms with Gasteiger partial charge in [0.1, 0.15) is 0 Å². The van der Waals surface area contributed by atoms with Crippen LogP contribution in [0, 0.1) is 0 Å². The zero-order valence-electron chi connectivity index (χ0n) is 16.2. The lowest BCUT2D eigenvalue weighted by atomic mass is 9.78. The Labute approximate surface area is 131 Å². The first-order valence-electron chi connectivity index (χ1n) is 9.05. The summed E-state index contributed by atoms with van der Waals surface area (Å²) in [6.07, 6.45) is 1.42. The summed E-state index contributed by atoms with van der Waals surface area (Å²) in [5.74, 6) is 0.0807. The van der Waals surface area contributed by atoms with Gasteiger partial charge in [-0.15, -0.1) is 0 Å². The fourth-order valence-corrected chi connectivity index (χ4v) is 2.59. The lowest BCUT2D eigenvalue weighted by Gasteiger charge is -2.32. The van der Waals surface area contributed by atoms with E-state index in [-0.39, 0.29) is 24.2 Å². The van der Waals surface area contributed by atoms with Crippen LogP contribution in [0.25, 0.3) is 0 Å². The molecular formula is C16H24BNO3. The van der Waals surface area contributed by atoms with E-state index in [1.807, 2.05) is 27.7 Å². The van der Waals surface area contributed by atoms with Crippen molar-refractivity contribution >= 4 is 12.6 Å². The van der Waals surface area contributed by atoms with Gasteiger partial charge in [0.25, 0.3) is 0 Å². The van der Waals surface area contributed by atoms with Gasteiger partial charge in [-0.3, -0.25) is 4.98 Å². The van der Waals surface area contributed by atoms with Gasteiger partial charge in [-0.2, -0.15) is 0 Å². The Morgan fingerprint density at radius 2 is 1.81 bits per heavy atom. The minimum absolute atomic E-state index is 0.0807. The van der Waals surface area contributed by atoms with Crippen LogP contribution in [0.4, 0.5) is 0 Å². The van der Waals surface area contributed by atoms with E-state index in [1.165, 1.54) is 0 Å². The molecule has 0 amide bonds. The van der Waals surface area contributed by atoms with Gasteiger partial charge >= 0.3 is 7.12 Å². The second kappa shape index (κ2) is 5.38. The third-order valence-electron chi connectivity index (χ3n) is 4.73. The largest absolute Gasteiger partial charge is 0.494 e. The van der Waals surface area contributed by atoms with Gasteiger partial charge in [0, 0.05) is 31.0 Å². The van der Waals surface area contributed by atoms with Gasteiger partial charge in [-0.1, -0.05) is 0 Å². The van der Waals surface area contributed by atoms with Crippen molar-refractivity contribution in [1.82, 2.24) is 4.98 Å². The second-order valence-corrected chi connectivity index (χ2v) is 6.75. The predicted molar refractivity (Wildman–Crippen MR) is 82.7 cm³/mol. The maximum Gasteiger partial charge on any atom is 0.494 e. The summed E-state index contributed by atoms with van der Waals surface area (Å²) in [5.41, 5.74) is -0.235. The van der Waals surface area contributed by atoms with Crippen LogP contribution >= 0.6 is 0 Å². The summed E-state index contributed by atoms with van der Waals surface area (Å²) in [6.45, 7) is 9.00. The number of ether oxygens (including phenoxy) is 1. The van der Waals surface area contributed by atoms with Crippen LogP contribution in [0.2, 0.25) is 0 Å². The van der Waals surface area contributed by atoms with Gasteiger partial charge in [0.15, 0.2) is 0 Å². The van der Waals surface area contributed by atoms with Crippen molar-refractivity contribution in [1.29, 1.82) is 0 Å². The highest BCUT2D eigenvalue weighted by Crippen LogP contribution is 2.36. The first-order chi connectivity index (χ1) is 11.1. The second-order valence-electron chi connectivity index (χ2n) is 6.75. The van der Waals surface area contributed by atoms with Crippen LogP contribution in [0.3, 0.4) is 0 Å². The molecule has 0 bridgehead atoms. The van der Waals surface area contributed by atoms with E-state index >= 15 is 0 Å². The number of pyridine rings is 1. The van der Waals surface area contributed by atoms with E-state index in [9.17, 15) is 0 Å². The van der Waals surface area contributed by atoms with Crippen LogP contribution in [-0.2, 0) is 14.0 Å². The topological polar surface area (TPSA) is 40.6 Å². The molecule has 2 saturated heterocycles. The molecular weight excluding hydrogens is 265 g/mol. The molecule has 114 valence electrons. The van der Waals surface area contributed by atoms with Gasteiger partial charge in [-0.25, -0.2) is 0 Å². The monoisotopic (exact) mass is 292 g/mol. The minimum atomic E-state index is -0.819. The van der Waals surface area contributed by atoms with Crippen molar-refractivity contribution in [2.45, 2.75) is 57.7 Å². The Morgan fingerprint density at radius 1 is 1.19 bits per heavy atom. The summed E-state index contributed by atoms with van der Waals surface area (Å²) < 4.78 is 42.2. The molecule has 21 heavy (non-hydrogen) atoms. The maximum absolute atomic E-state index is 8.58. The molecule has 0 radical (unpaired) electrons. The quantitative estimate of drug-likeness (QED) is 0.784. The minimum Gasteiger partial charge on any atom is -0.399 e. The van der Waals surface area contributed by atoms with E-state index in [1.54, 1.807) is 0 Å². The molecule has 0 spiro atoms. The molecule has 0 aliphatic carbocycles. The van der Waals surface area contributed by atoms with Crippen LogP contribution in [0.1, 0.15) is 56.3 Å². The normalized spacial score (nSPS) is 27.2. The lowest BCUT2D eigenvalue weighted by Crippen LogP contribution is -2.41. The number of hydrogen-bond donors (Lipinski definition) is 0. The number of nitrogens with zero attached hydrogens (tertiary/aromatic N) is 1. The summed E-state index contributed by atoms with van der Waals surface area (Å²) in [6, 6.07) is 0.0794. The zero-order chi connectivity index (χ0) is 17.7. The Bertz CT molecular complexity index is 632. The summed E-state index contributed by atoms with van der Waals surface area (Å²) >= 11 is 0. The average molecular weight is 292 g/mol. The van der Waals surface area contributed by atoms with E-state index < -0.39 is 18.3 Å². The van der Waals surface area contributed by atoms with Crippen LogP contribution in [0.5, 0.6) is 0 Å². The molecule has 5 heteroatoms. The van der Waals surface area contributed by atoms with Gasteiger partial charge < -0.3 is 14.0 Å². The zero-order valence-corrected chi connectivity index (χ0v) is 13.2. The fourth-order valence-electron chi connectivity index (χ4n) is 2.59. The van der Waals surface area contributed by atoms with E-state index in [0.717, 1.165) is 12.8 Å². The molecule has 2 aliphatic heterocycles. The van der Waals surface area contributed by atoms with Crippen LogP contribution in [-0.4, -0.2) is 36.5 Å². The molecule has 0 N–H and O–H groups in total. The smallest absolute Gasteiger partial charge is 0.399 e. The van der Waals surface area contributed by atoms with Crippen molar-refractivity contribution < 1.29 is 18.2 Å². The molecule has 2 fully saturated rings. The molecule has 0 aromatic carbocycles. The maximum atomic E-state index is 8.58. The van der Waals surface area contributed by atoms with E-state index in [0.29, 0.717) is 24.4 Å². The highest BCUT2D eigenvalue weighted by Gasteiger charge is 2.51. The van der Waals surface area contributed by atoms with Gasteiger partial charge in [-0.05, 0) is 58.1 Å². The van der Waals surface area contributed by atoms with Gasteiger partial charge in [0.2, 0.25) is 0 Å². The van der Waals surface area contributed by atoms with Crippen LogP contribution in [0.15, 0.2) is 18.3 Å². The molecule has 3 heterocycles. The third kappa shape index (κ3) is 2.87. The molecule has 3 rings (SSSR count). The summed E-state index contributed by atoms with van der Waals surface area (Å²) in [7, 11) is -0.819. The SMILES string of the molecule is [2H]c1nc(C2CCOCC2)c([2H])c(B2OC(C)(C)C(C)(C)O2)c1[2H]. The predicted octanol–water partition coefficient (Wildman–Crippen LogP) is 2.27. The Balaban J connectivity index is 2.03. The molecule has 1 aromatic rings.